The number of aromatic hydroxyl groups is 1. The summed E-state index contributed by atoms with van der Waals surface area (Å²) in [4.78, 5) is 25.3. The van der Waals surface area contributed by atoms with Crippen molar-refractivity contribution in [3.05, 3.63) is 29.5 Å². The molecular weight excluding hydrogens is 206 g/mol. The first-order valence-electron chi connectivity index (χ1n) is 4.86. The van der Waals surface area contributed by atoms with Gasteiger partial charge in [-0.3, -0.25) is 9.59 Å². The zero-order chi connectivity index (χ0) is 11.9. The van der Waals surface area contributed by atoms with E-state index in [1.54, 1.807) is 12.1 Å². The molecular formula is C12H11NO3. The minimum atomic E-state index is -0.204. The predicted octanol–water partition coefficient (Wildman–Crippen LogP) is 2.28. The van der Waals surface area contributed by atoms with Crippen molar-refractivity contribution in [2.45, 2.75) is 13.8 Å². The van der Waals surface area contributed by atoms with Crippen LogP contribution in [-0.4, -0.2) is 21.7 Å². The first-order valence-corrected chi connectivity index (χ1v) is 4.86. The fourth-order valence-electron chi connectivity index (χ4n) is 1.64. The van der Waals surface area contributed by atoms with Crippen LogP contribution in [-0.2, 0) is 0 Å². The Morgan fingerprint density at radius 1 is 1.12 bits per heavy atom. The Bertz CT molecular complexity index is 596. The molecule has 82 valence electrons. The summed E-state index contributed by atoms with van der Waals surface area (Å²) < 4.78 is 0. The SMILES string of the molecule is CC(=O)c1cc2cc(C(C)=O)c(O)cc2[nH]1. The van der Waals surface area contributed by atoms with Gasteiger partial charge in [-0.1, -0.05) is 0 Å². The van der Waals surface area contributed by atoms with E-state index in [4.69, 9.17) is 0 Å². The van der Waals surface area contributed by atoms with E-state index in [1.807, 2.05) is 0 Å². The average Bonchev–Trinajstić information content (AvgIpc) is 2.58. The Balaban J connectivity index is 2.70. The van der Waals surface area contributed by atoms with Crippen LogP contribution >= 0.6 is 0 Å². The molecule has 0 atom stereocenters. The molecule has 0 radical (unpaired) electrons. The molecule has 0 bridgehead atoms. The van der Waals surface area contributed by atoms with Gasteiger partial charge >= 0.3 is 0 Å². The Kier molecular flexibility index (Phi) is 2.27. The second-order valence-electron chi connectivity index (χ2n) is 3.75. The van der Waals surface area contributed by atoms with Crippen molar-refractivity contribution >= 4 is 22.5 Å². The van der Waals surface area contributed by atoms with Gasteiger partial charge in [0.2, 0.25) is 0 Å². The smallest absolute Gasteiger partial charge is 0.175 e. The number of carbonyl (C=O) groups is 2. The van der Waals surface area contributed by atoms with Gasteiger partial charge in [-0.15, -0.1) is 0 Å². The summed E-state index contributed by atoms with van der Waals surface area (Å²) in [5, 5.41) is 10.3. The van der Waals surface area contributed by atoms with Crippen LogP contribution in [0.4, 0.5) is 0 Å². The fourth-order valence-corrected chi connectivity index (χ4v) is 1.64. The Morgan fingerprint density at radius 3 is 2.38 bits per heavy atom. The number of phenolic OH excluding ortho intramolecular Hbond substituents is 1. The van der Waals surface area contributed by atoms with Gasteiger partial charge < -0.3 is 10.1 Å². The van der Waals surface area contributed by atoms with E-state index in [1.165, 1.54) is 19.9 Å². The van der Waals surface area contributed by atoms with E-state index in [0.29, 0.717) is 11.2 Å². The summed E-state index contributed by atoms with van der Waals surface area (Å²) in [5.41, 5.74) is 1.38. The van der Waals surface area contributed by atoms with E-state index in [-0.39, 0.29) is 22.9 Å². The third kappa shape index (κ3) is 1.58. The van der Waals surface area contributed by atoms with Crippen molar-refractivity contribution in [1.82, 2.24) is 4.98 Å². The monoisotopic (exact) mass is 217 g/mol. The number of aromatic nitrogens is 1. The third-order valence-electron chi connectivity index (χ3n) is 2.50. The quantitative estimate of drug-likeness (QED) is 0.758. The van der Waals surface area contributed by atoms with Crippen molar-refractivity contribution in [3.8, 4) is 5.75 Å². The summed E-state index contributed by atoms with van der Waals surface area (Å²) in [5.74, 6) is -0.359. The molecule has 0 aliphatic carbocycles. The van der Waals surface area contributed by atoms with Crippen LogP contribution < -0.4 is 0 Å². The lowest BCUT2D eigenvalue weighted by molar-refractivity contribution is 0.100. The summed E-state index contributed by atoms with van der Waals surface area (Å²) in [6.45, 7) is 2.84. The highest BCUT2D eigenvalue weighted by Gasteiger charge is 2.11. The molecule has 4 nitrogen and oxygen atoms in total. The number of phenols is 1. The van der Waals surface area contributed by atoms with Crippen molar-refractivity contribution in [2.75, 3.05) is 0 Å². The number of ketones is 2. The topological polar surface area (TPSA) is 70.2 Å². The zero-order valence-corrected chi connectivity index (χ0v) is 9.00. The molecule has 2 aromatic rings. The number of hydrogen-bond donors (Lipinski definition) is 2. The highest BCUT2D eigenvalue weighted by molar-refractivity contribution is 6.03. The number of hydrogen-bond acceptors (Lipinski definition) is 3. The molecule has 4 heteroatoms. The van der Waals surface area contributed by atoms with Gasteiger partial charge in [-0.05, 0) is 19.1 Å². The molecule has 2 N–H and O–H groups in total. The normalized spacial score (nSPS) is 10.6. The number of H-pyrrole nitrogens is 1. The van der Waals surface area contributed by atoms with E-state index >= 15 is 0 Å². The van der Waals surface area contributed by atoms with Gasteiger partial charge in [0.05, 0.1) is 11.3 Å². The molecule has 0 fully saturated rings. The first kappa shape index (κ1) is 10.4. The Labute approximate surface area is 91.9 Å². The van der Waals surface area contributed by atoms with Gasteiger partial charge in [0.25, 0.3) is 0 Å². The minimum absolute atomic E-state index is 0.0723. The molecule has 0 aliphatic heterocycles. The number of carbonyl (C=O) groups excluding carboxylic acids is 2. The molecule has 1 aromatic carbocycles. The lowest BCUT2D eigenvalue weighted by atomic mass is 10.1. The van der Waals surface area contributed by atoms with Gasteiger partial charge in [0.15, 0.2) is 11.6 Å². The van der Waals surface area contributed by atoms with E-state index in [0.717, 1.165) is 5.39 Å². The summed E-state index contributed by atoms with van der Waals surface area (Å²) in [6, 6.07) is 4.71. The maximum atomic E-state index is 11.2. The molecule has 16 heavy (non-hydrogen) atoms. The number of Topliss-reactive ketones (excluding diaryl/α,β-unsaturated/α-hetero) is 2. The largest absolute Gasteiger partial charge is 0.507 e. The van der Waals surface area contributed by atoms with Gasteiger partial charge in [-0.25, -0.2) is 0 Å². The third-order valence-corrected chi connectivity index (χ3v) is 2.50. The summed E-state index contributed by atoms with van der Waals surface area (Å²) in [7, 11) is 0. The molecule has 0 aliphatic rings. The van der Waals surface area contributed by atoms with Gasteiger partial charge in [0.1, 0.15) is 5.75 Å². The van der Waals surface area contributed by atoms with Crippen LogP contribution in [0.2, 0.25) is 0 Å². The average molecular weight is 217 g/mol. The molecule has 1 aromatic heterocycles. The van der Waals surface area contributed by atoms with Crippen LogP contribution in [0, 0.1) is 0 Å². The standard InChI is InChI=1S/C12H11NO3/c1-6(14)9-3-8-4-10(7(2)15)13-11(8)5-12(9)16/h3-5,13,16H,1-2H3. The van der Waals surface area contributed by atoms with Crippen LogP contribution in [0.3, 0.4) is 0 Å². The lowest BCUT2D eigenvalue weighted by Gasteiger charge is -1.99. The minimum Gasteiger partial charge on any atom is -0.507 e. The summed E-state index contributed by atoms with van der Waals surface area (Å²) in [6.07, 6.45) is 0. The molecule has 0 saturated carbocycles. The molecule has 1 heterocycles. The van der Waals surface area contributed by atoms with Crippen molar-refractivity contribution in [3.63, 3.8) is 0 Å². The van der Waals surface area contributed by atoms with Crippen molar-refractivity contribution in [1.29, 1.82) is 0 Å². The van der Waals surface area contributed by atoms with Crippen LogP contribution in [0.25, 0.3) is 10.9 Å². The van der Waals surface area contributed by atoms with Crippen LogP contribution in [0.1, 0.15) is 34.7 Å². The second kappa shape index (κ2) is 3.48. The Morgan fingerprint density at radius 2 is 1.81 bits per heavy atom. The number of aromatic amines is 1. The number of rotatable bonds is 2. The van der Waals surface area contributed by atoms with E-state index in [2.05, 4.69) is 4.98 Å². The second-order valence-corrected chi connectivity index (χ2v) is 3.75. The zero-order valence-electron chi connectivity index (χ0n) is 9.00. The maximum absolute atomic E-state index is 11.2. The molecule has 0 saturated heterocycles. The number of benzene rings is 1. The highest BCUT2D eigenvalue weighted by Crippen LogP contribution is 2.25. The van der Waals surface area contributed by atoms with Crippen molar-refractivity contribution in [2.24, 2.45) is 0 Å². The van der Waals surface area contributed by atoms with Crippen LogP contribution in [0.5, 0.6) is 5.75 Å². The van der Waals surface area contributed by atoms with E-state index < -0.39 is 0 Å². The number of nitrogens with one attached hydrogen (secondary N) is 1. The highest BCUT2D eigenvalue weighted by atomic mass is 16.3. The molecule has 0 amide bonds. The molecule has 2 rings (SSSR count). The lowest BCUT2D eigenvalue weighted by Crippen LogP contribution is -1.91. The van der Waals surface area contributed by atoms with Gasteiger partial charge in [0, 0.05) is 23.9 Å². The maximum Gasteiger partial charge on any atom is 0.175 e. The number of fused-ring (bicyclic) bond motifs is 1. The fraction of sp³-hybridized carbons (Fsp3) is 0.167. The van der Waals surface area contributed by atoms with E-state index in [9.17, 15) is 14.7 Å². The molecule has 0 spiro atoms. The predicted molar refractivity (Wildman–Crippen MR) is 60.0 cm³/mol. The first-order chi connectivity index (χ1) is 7.49. The van der Waals surface area contributed by atoms with Crippen LogP contribution in [0.15, 0.2) is 18.2 Å². The Hall–Kier alpha value is -2.10. The molecule has 0 unspecified atom stereocenters. The van der Waals surface area contributed by atoms with Gasteiger partial charge in [-0.2, -0.15) is 0 Å². The van der Waals surface area contributed by atoms with Crippen molar-refractivity contribution < 1.29 is 14.7 Å². The summed E-state index contributed by atoms with van der Waals surface area (Å²) >= 11 is 0.